The molecule has 1 N–H and O–H groups in total. The average molecular weight is 221 g/mol. The Hall–Kier alpha value is -2.04. The minimum absolute atomic E-state index is 0.454. The van der Waals surface area contributed by atoms with Crippen LogP contribution >= 0.6 is 0 Å². The number of amides is 1. The number of fused-ring (bicyclic) bond motifs is 1. The van der Waals surface area contributed by atoms with Gasteiger partial charge in [-0.25, -0.2) is 4.79 Å². The molecule has 5 nitrogen and oxygen atoms in total. The smallest absolute Gasteiger partial charge is 0.359 e. The van der Waals surface area contributed by atoms with Crippen LogP contribution < -0.4 is 10.1 Å². The van der Waals surface area contributed by atoms with Crippen LogP contribution in [-0.2, 0) is 14.3 Å². The van der Waals surface area contributed by atoms with E-state index in [1.54, 1.807) is 24.3 Å². The molecule has 16 heavy (non-hydrogen) atoms. The molecule has 2 rings (SSSR count). The fourth-order valence-corrected chi connectivity index (χ4v) is 1.50. The van der Waals surface area contributed by atoms with E-state index in [1.165, 1.54) is 14.0 Å². The zero-order valence-corrected chi connectivity index (χ0v) is 8.94. The summed E-state index contributed by atoms with van der Waals surface area (Å²) in [5.74, 6) is -0.799. The van der Waals surface area contributed by atoms with Gasteiger partial charge in [-0.2, -0.15) is 0 Å². The van der Waals surface area contributed by atoms with Gasteiger partial charge in [0.15, 0.2) is 0 Å². The fraction of sp³-hybridized carbons (Fsp3) is 0.273. The lowest BCUT2D eigenvalue weighted by Gasteiger charge is -2.31. The lowest BCUT2D eigenvalue weighted by molar-refractivity contribution is -0.162. The summed E-state index contributed by atoms with van der Waals surface area (Å²) >= 11 is 0. The maximum absolute atomic E-state index is 11.7. The van der Waals surface area contributed by atoms with Gasteiger partial charge < -0.3 is 14.8 Å². The zero-order valence-electron chi connectivity index (χ0n) is 8.94. The topological polar surface area (TPSA) is 64.6 Å². The Labute approximate surface area is 92.4 Å². The van der Waals surface area contributed by atoms with Crippen LogP contribution in [0.5, 0.6) is 5.75 Å². The maximum atomic E-state index is 11.7. The van der Waals surface area contributed by atoms with Gasteiger partial charge in [0.25, 0.3) is 11.5 Å². The largest absolute Gasteiger partial charge is 0.466 e. The van der Waals surface area contributed by atoms with E-state index < -0.39 is 17.5 Å². The third-order valence-electron chi connectivity index (χ3n) is 2.46. The minimum atomic E-state index is -1.62. The minimum Gasteiger partial charge on any atom is -0.466 e. The van der Waals surface area contributed by atoms with Crippen LogP contribution in [0.4, 0.5) is 5.69 Å². The molecule has 1 amide bonds. The first-order valence-electron chi connectivity index (χ1n) is 4.76. The van der Waals surface area contributed by atoms with E-state index in [0.29, 0.717) is 11.4 Å². The van der Waals surface area contributed by atoms with Crippen molar-refractivity contribution in [3.8, 4) is 5.75 Å². The molecule has 1 aromatic rings. The fourth-order valence-electron chi connectivity index (χ4n) is 1.50. The Morgan fingerprint density at radius 1 is 1.44 bits per heavy atom. The molecule has 0 saturated carbocycles. The summed E-state index contributed by atoms with van der Waals surface area (Å²) in [4.78, 5) is 23.2. The van der Waals surface area contributed by atoms with Crippen molar-refractivity contribution < 1.29 is 19.1 Å². The molecule has 0 saturated heterocycles. The Morgan fingerprint density at radius 3 is 2.81 bits per heavy atom. The molecule has 84 valence electrons. The molecule has 5 heteroatoms. The SMILES string of the molecule is COC(=O)[C@@]1(C)Oc2ccccc2NC1=O. The van der Waals surface area contributed by atoms with E-state index in [-0.39, 0.29) is 0 Å². The summed E-state index contributed by atoms with van der Waals surface area (Å²) in [7, 11) is 1.21. The highest BCUT2D eigenvalue weighted by Gasteiger charge is 2.48. The van der Waals surface area contributed by atoms with Crippen LogP contribution in [0.15, 0.2) is 24.3 Å². The van der Waals surface area contributed by atoms with Crippen molar-refractivity contribution in [2.75, 3.05) is 12.4 Å². The van der Waals surface area contributed by atoms with Crippen LogP contribution in [-0.4, -0.2) is 24.6 Å². The van der Waals surface area contributed by atoms with Crippen LogP contribution in [0, 0.1) is 0 Å². The van der Waals surface area contributed by atoms with Gasteiger partial charge in [-0.05, 0) is 19.1 Å². The van der Waals surface area contributed by atoms with Crippen molar-refractivity contribution in [1.29, 1.82) is 0 Å². The highest BCUT2D eigenvalue weighted by Crippen LogP contribution is 2.33. The third kappa shape index (κ3) is 1.41. The zero-order chi connectivity index (χ0) is 11.8. The second-order valence-electron chi connectivity index (χ2n) is 3.58. The van der Waals surface area contributed by atoms with E-state index >= 15 is 0 Å². The molecular formula is C11H11NO4. The van der Waals surface area contributed by atoms with Gasteiger partial charge in [0.05, 0.1) is 12.8 Å². The highest BCUT2D eigenvalue weighted by molar-refractivity contribution is 6.13. The van der Waals surface area contributed by atoms with Crippen molar-refractivity contribution in [2.45, 2.75) is 12.5 Å². The molecule has 1 aliphatic rings. The number of carbonyl (C=O) groups excluding carboxylic acids is 2. The van der Waals surface area contributed by atoms with E-state index in [2.05, 4.69) is 10.1 Å². The molecule has 0 spiro atoms. The van der Waals surface area contributed by atoms with E-state index in [9.17, 15) is 9.59 Å². The molecule has 0 radical (unpaired) electrons. The number of carbonyl (C=O) groups is 2. The van der Waals surface area contributed by atoms with Crippen LogP contribution in [0.25, 0.3) is 0 Å². The Bertz CT molecular complexity index is 457. The average Bonchev–Trinajstić information content (AvgIpc) is 2.29. The van der Waals surface area contributed by atoms with Gasteiger partial charge in [-0.15, -0.1) is 0 Å². The van der Waals surface area contributed by atoms with Gasteiger partial charge >= 0.3 is 5.97 Å². The maximum Gasteiger partial charge on any atom is 0.359 e. The number of esters is 1. The second kappa shape index (κ2) is 3.52. The van der Waals surface area contributed by atoms with Crippen LogP contribution in [0.3, 0.4) is 0 Å². The van der Waals surface area contributed by atoms with Gasteiger partial charge in [0.2, 0.25) is 0 Å². The summed E-state index contributed by atoms with van der Waals surface area (Å²) < 4.78 is 9.95. The quantitative estimate of drug-likeness (QED) is 0.566. The molecule has 1 heterocycles. The Morgan fingerprint density at radius 2 is 2.12 bits per heavy atom. The lowest BCUT2D eigenvalue weighted by Crippen LogP contribution is -2.54. The van der Waals surface area contributed by atoms with E-state index in [0.717, 1.165) is 0 Å². The van der Waals surface area contributed by atoms with Crippen LogP contribution in [0.1, 0.15) is 6.92 Å². The molecular weight excluding hydrogens is 210 g/mol. The first kappa shape index (κ1) is 10.5. The van der Waals surface area contributed by atoms with Crippen molar-refractivity contribution in [3.63, 3.8) is 0 Å². The Kier molecular flexibility index (Phi) is 2.30. The highest BCUT2D eigenvalue weighted by atomic mass is 16.6. The van der Waals surface area contributed by atoms with Crippen molar-refractivity contribution in [2.24, 2.45) is 0 Å². The van der Waals surface area contributed by atoms with Gasteiger partial charge in [-0.3, -0.25) is 4.79 Å². The van der Waals surface area contributed by atoms with E-state index in [4.69, 9.17) is 4.74 Å². The van der Waals surface area contributed by atoms with Gasteiger partial charge in [-0.1, -0.05) is 12.1 Å². The summed E-state index contributed by atoms with van der Waals surface area (Å²) in [6.07, 6.45) is 0. The second-order valence-corrected chi connectivity index (χ2v) is 3.58. The summed E-state index contributed by atoms with van der Waals surface area (Å²) in [6, 6.07) is 6.90. The monoisotopic (exact) mass is 221 g/mol. The first-order chi connectivity index (χ1) is 7.58. The number of anilines is 1. The molecule has 1 aromatic carbocycles. The molecule has 1 aliphatic heterocycles. The number of rotatable bonds is 1. The normalized spacial score (nSPS) is 22.8. The number of hydrogen-bond acceptors (Lipinski definition) is 4. The molecule has 0 unspecified atom stereocenters. The molecule has 0 bridgehead atoms. The predicted molar refractivity (Wildman–Crippen MR) is 56.1 cm³/mol. The van der Waals surface area contributed by atoms with Gasteiger partial charge in [0, 0.05) is 0 Å². The van der Waals surface area contributed by atoms with Crippen LogP contribution in [0.2, 0.25) is 0 Å². The van der Waals surface area contributed by atoms with Gasteiger partial charge in [0.1, 0.15) is 5.75 Å². The first-order valence-corrected chi connectivity index (χ1v) is 4.76. The van der Waals surface area contributed by atoms with Crippen molar-refractivity contribution in [3.05, 3.63) is 24.3 Å². The van der Waals surface area contributed by atoms with Crippen molar-refractivity contribution in [1.82, 2.24) is 0 Å². The molecule has 0 aromatic heterocycles. The number of nitrogens with one attached hydrogen (secondary N) is 1. The number of ether oxygens (including phenoxy) is 2. The summed E-state index contributed by atoms with van der Waals surface area (Å²) in [6.45, 7) is 1.38. The number of benzene rings is 1. The standard InChI is InChI=1S/C11H11NO4/c1-11(10(14)15-2)9(13)12-7-5-3-4-6-8(7)16-11/h3-6H,1-2H3,(H,12,13)/t11-/m0/s1. The number of hydrogen-bond donors (Lipinski definition) is 1. The number of para-hydroxylation sites is 2. The lowest BCUT2D eigenvalue weighted by atomic mass is 10.0. The predicted octanol–water partition coefficient (Wildman–Crippen LogP) is 0.949. The molecule has 1 atom stereocenters. The third-order valence-corrected chi connectivity index (χ3v) is 2.46. The Balaban J connectivity index is 2.41. The van der Waals surface area contributed by atoms with E-state index in [1.807, 2.05) is 0 Å². The molecule has 0 fully saturated rings. The summed E-state index contributed by atoms with van der Waals surface area (Å²) in [5.41, 5.74) is -1.07. The number of methoxy groups -OCH3 is 1. The van der Waals surface area contributed by atoms with Crippen molar-refractivity contribution >= 4 is 17.6 Å². The molecule has 0 aliphatic carbocycles. The summed E-state index contributed by atoms with van der Waals surface area (Å²) in [5, 5.41) is 2.60.